The fourth-order valence-electron chi connectivity index (χ4n) is 3.09. The lowest BCUT2D eigenvalue weighted by molar-refractivity contribution is -0.377. The molecule has 0 aromatic heterocycles. The zero-order chi connectivity index (χ0) is 19.7. The van der Waals surface area contributed by atoms with E-state index in [0.29, 0.717) is 0 Å². The Hall–Kier alpha value is -0.680. The summed E-state index contributed by atoms with van der Waals surface area (Å²) < 4.78 is 125. The summed E-state index contributed by atoms with van der Waals surface area (Å²) in [4.78, 5) is 0. The van der Waals surface area contributed by atoms with Crippen LogP contribution in [-0.4, -0.2) is 56.4 Å². The van der Waals surface area contributed by atoms with Crippen LogP contribution in [0.4, 0.5) is 35.1 Å². The molecule has 11 heteroatoms. The Morgan fingerprint density at radius 1 is 1.04 bits per heavy atom. The highest BCUT2D eigenvalue weighted by Gasteiger charge is 2.89. The first-order valence-corrected chi connectivity index (χ1v) is 7.44. The number of rotatable bonds is 8. The van der Waals surface area contributed by atoms with Gasteiger partial charge < -0.3 is 14.2 Å². The van der Waals surface area contributed by atoms with Crippen LogP contribution >= 0.6 is 0 Å². The van der Waals surface area contributed by atoms with Crippen molar-refractivity contribution in [3.8, 4) is 0 Å². The fourth-order valence-corrected chi connectivity index (χ4v) is 3.09. The van der Waals surface area contributed by atoms with Crippen molar-refractivity contribution in [3.05, 3.63) is 0 Å². The van der Waals surface area contributed by atoms with E-state index in [1.807, 2.05) is 0 Å². The maximum absolute atomic E-state index is 14.8. The smallest absolute Gasteiger partial charge is 0.382 e. The molecule has 3 nitrogen and oxygen atoms in total. The van der Waals surface area contributed by atoms with Crippen LogP contribution in [0.2, 0.25) is 0 Å². The average molecular weight is 388 g/mol. The van der Waals surface area contributed by atoms with Crippen LogP contribution in [0.25, 0.3) is 0 Å². The van der Waals surface area contributed by atoms with Gasteiger partial charge in [0.05, 0.1) is 13.2 Å². The monoisotopic (exact) mass is 388 g/mol. The third-order valence-electron chi connectivity index (χ3n) is 4.47. The van der Waals surface area contributed by atoms with Gasteiger partial charge in [-0.1, -0.05) is 6.92 Å². The predicted octanol–water partition coefficient (Wildman–Crippen LogP) is 4.35. The minimum absolute atomic E-state index is 0.0591. The van der Waals surface area contributed by atoms with Crippen molar-refractivity contribution in [1.29, 1.82) is 0 Å². The van der Waals surface area contributed by atoms with Gasteiger partial charge >= 0.3 is 12.1 Å². The Morgan fingerprint density at radius 3 is 1.96 bits per heavy atom. The highest BCUT2D eigenvalue weighted by Crippen LogP contribution is 2.67. The quantitative estimate of drug-likeness (QED) is 0.352. The lowest BCUT2D eigenvalue weighted by Gasteiger charge is -2.41. The number of hydrogen-bond donors (Lipinski definition) is 0. The van der Waals surface area contributed by atoms with Gasteiger partial charge in [-0.25, -0.2) is 13.2 Å². The predicted molar refractivity (Wildman–Crippen MR) is 70.4 cm³/mol. The Labute approximate surface area is 139 Å². The third-order valence-corrected chi connectivity index (χ3v) is 4.47. The Morgan fingerprint density at radius 2 is 1.60 bits per heavy atom. The molecule has 1 saturated carbocycles. The molecule has 3 unspecified atom stereocenters. The van der Waals surface area contributed by atoms with Crippen molar-refractivity contribution in [2.45, 2.75) is 56.0 Å². The van der Waals surface area contributed by atoms with Gasteiger partial charge in [0.25, 0.3) is 5.92 Å². The second-order valence-corrected chi connectivity index (χ2v) is 5.97. The molecule has 0 spiro atoms. The van der Waals surface area contributed by atoms with E-state index in [4.69, 9.17) is 0 Å². The molecule has 0 aromatic rings. The van der Waals surface area contributed by atoms with E-state index in [9.17, 15) is 35.1 Å². The molecule has 25 heavy (non-hydrogen) atoms. The maximum Gasteiger partial charge on any atom is 0.423 e. The summed E-state index contributed by atoms with van der Waals surface area (Å²) in [5.41, 5.74) is -9.13. The second-order valence-electron chi connectivity index (χ2n) is 5.97. The molecule has 3 atom stereocenters. The number of methoxy groups -OCH3 is 1. The van der Waals surface area contributed by atoms with Crippen molar-refractivity contribution in [3.63, 3.8) is 0 Å². The van der Waals surface area contributed by atoms with Crippen LogP contribution in [0.5, 0.6) is 0 Å². The number of halogens is 8. The molecule has 0 heterocycles. The topological polar surface area (TPSA) is 27.7 Å². The zero-order valence-corrected chi connectivity index (χ0v) is 13.9. The summed E-state index contributed by atoms with van der Waals surface area (Å²) >= 11 is 0. The molecular formula is C14H20F8O3. The molecule has 0 N–H and O–H groups in total. The van der Waals surface area contributed by atoms with Crippen molar-refractivity contribution in [2.75, 3.05) is 27.1 Å². The van der Waals surface area contributed by atoms with Gasteiger partial charge in [-0.2, -0.15) is 22.0 Å². The Balaban J connectivity index is 3.29. The lowest BCUT2D eigenvalue weighted by Crippen LogP contribution is -2.67. The number of alkyl halides is 8. The highest BCUT2D eigenvalue weighted by atomic mass is 19.4. The zero-order valence-electron chi connectivity index (χ0n) is 13.9. The molecular weight excluding hydrogens is 368 g/mol. The summed E-state index contributed by atoms with van der Waals surface area (Å²) in [6, 6.07) is 0. The van der Waals surface area contributed by atoms with Gasteiger partial charge in [-0.3, -0.25) is 0 Å². The van der Waals surface area contributed by atoms with Gasteiger partial charge in [0.1, 0.15) is 6.79 Å². The second kappa shape index (κ2) is 7.15. The average Bonchev–Trinajstić information content (AvgIpc) is 2.64. The number of hydrogen-bond acceptors (Lipinski definition) is 3. The molecule has 0 saturated heterocycles. The Bertz CT molecular complexity index is 450. The SMILES string of the molecule is CCC1CC(OCOCCOC)(C(F)(F)F)C(F)(F)C1(F)C(C)(F)F. The van der Waals surface area contributed by atoms with E-state index in [1.54, 1.807) is 0 Å². The first-order valence-electron chi connectivity index (χ1n) is 7.44. The van der Waals surface area contributed by atoms with E-state index < -0.39 is 54.8 Å². The summed E-state index contributed by atoms with van der Waals surface area (Å²) in [6.45, 7) is -0.720. The summed E-state index contributed by atoms with van der Waals surface area (Å²) in [5, 5.41) is 0. The van der Waals surface area contributed by atoms with Gasteiger partial charge in [0, 0.05) is 20.0 Å². The third kappa shape index (κ3) is 3.34. The first-order chi connectivity index (χ1) is 11.2. The summed E-state index contributed by atoms with van der Waals surface area (Å²) in [6.07, 6.45) is -8.09. The van der Waals surface area contributed by atoms with Crippen LogP contribution in [0.1, 0.15) is 26.7 Å². The standard InChI is InChI=1S/C14H20F8O3/c1-4-9-7-11(14(20,21)22,25-8-24-6-5-23-3)13(18,19)12(9,17)10(2,15)16/h9H,4-8H2,1-3H3. The molecule has 0 bridgehead atoms. The maximum atomic E-state index is 14.8. The van der Waals surface area contributed by atoms with Crippen LogP contribution < -0.4 is 0 Å². The van der Waals surface area contributed by atoms with Crippen molar-refractivity contribution in [2.24, 2.45) is 5.92 Å². The van der Waals surface area contributed by atoms with Gasteiger partial charge in [-0.15, -0.1) is 0 Å². The molecule has 0 amide bonds. The van der Waals surface area contributed by atoms with E-state index in [0.717, 1.165) is 6.92 Å². The van der Waals surface area contributed by atoms with Crippen molar-refractivity contribution < 1.29 is 49.3 Å². The van der Waals surface area contributed by atoms with E-state index >= 15 is 0 Å². The first kappa shape index (κ1) is 22.4. The van der Waals surface area contributed by atoms with Crippen LogP contribution in [0.15, 0.2) is 0 Å². The molecule has 0 aromatic carbocycles. The summed E-state index contributed by atoms with van der Waals surface area (Å²) in [7, 11) is 1.26. The van der Waals surface area contributed by atoms with Crippen molar-refractivity contribution in [1.82, 2.24) is 0 Å². The van der Waals surface area contributed by atoms with Gasteiger partial charge in [0.2, 0.25) is 11.3 Å². The minimum atomic E-state index is -5.80. The normalized spacial score (nSPS) is 33.0. The number of ether oxygens (including phenoxy) is 3. The summed E-state index contributed by atoms with van der Waals surface area (Å²) in [5.74, 6) is -12.5. The van der Waals surface area contributed by atoms with Crippen LogP contribution in [0.3, 0.4) is 0 Å². The lowest BCUT2D eigenvalue weighted by atomic mass is 9.83. The van der Waals surface area contributed by atoms with Crippen LogP contribution in [-0.2, 0) is 14.2 Å². The van der Waals surface area contributed by atoms with Gasteiger partial charge in [-0.05, 0) is 12.8 Å². The Kier molecular flexibility index (Phi) is 6.39. The molecule has 1 rings (SSSR count). The molecule has 1 aliphatic rings. The molecule has 0 aliphatic heterocycles. The van der Waals surface area contributed by atoms with Crippen LogP contribution in [0, 0.1) is 5.92 Å². The molecule has 0 radical (unpaired) electrons. The fraction of sp³-hybridized carbons (Fsp3) is 1.00. The molecule has 150 valence electrons. The van der Waals surface area contributed by atoms with Crippen molar-refractivity contribution >= 4 is 0 Å². The van der Waals surface area contributed by atoms with Gasteiger partial charge in [0.15, 0.2) is 0 Å². The molecule has 1 aliphatic carbocycles. The largest absolute Gasteiger partial charge is 0.423 e. The van der Waals surface area contributed by atoms with E-state index in [-0.39, 0.29) is 20.1 Å². The van der Waals surface area contributed by atoms with E-state index in [1.165, 1.54) is 7.11 Å². The minimum Gasteiger partial charge on any atom is -0.382 e. The highest BCUT2D eigenvalue weighted by molar-refractivity contribution is 5.23. The van der Waals surface area contributed by atoms with E-state index in [2.05, 4.69) is 14.2 Å². The molecule has 1 fully saturated rings.